The van der Waals surface area contributed by atoms with E-state index in [1.165, 1.54) is 0 Å². The molecule has 1 aliphatic carbocycles. The quantitative estimate of drug-likeness (QED) is 0.761. The molecule has 0 aromatic rings. The van der Waals surface area contributed by atoms with E-state index >= 15 is 0 Å². The Bertz CT molecular complexity index is 249. The SMILES string of the molecule is CN(C1CC(O)CCC1C(C)(C)C)C(C)(C)C. The Kier molecular flexibility index (Phi) is 4.31. The maximum atomic E-state index is 9.95. The van der Waals surface area contributed by atoms with Gasteiger partial charge < -0.3 is 5.11 Å². The van der Waals surface area contributed by atoms with Crippen LogP contribution in [0.3, 0.4) is 0 Å². The van der Waals surface area contributed by atoms with E-state index in [0.29, 0.717) is 17.4 Å². The number of hydrogen-bond acceptors (Lipinski definition) is 2. The van der Waals surface area contributed by atoms with Gasteiger partial charge >= 0.3 is 0 Å². The summed E-state index contributed by atoms with van der Waals surface area (Å²) in [5, 5.41) is 9.95. The highest BCUT2D eigenvalue weighted by Crippen LogP contribution is 2.41. The predicted octanol–water partition coefficient (Wildman–Crippen LogP) is 3.29. The zero-order chi connectivity index (χ0) is 13.4. The van der Waals surface area contributed by atoms with Gasteiger partial charge in [-0.25, -0.2) is 0 Å². The summed E-state index contributed by atoms with van der Waals surface area (Å²) in [6, 6.07) is 0.499. The van der Waals surface area contributed by atoms with Crippen molar-refractivity contribution in [3.8, 4) is 0 Å². The molecule has 3 unspecified atom stereocenters. The van der Waals surface area contributed by atoms with Crippen LogP contribution in [0, 0.1) is 11.3 Å². The third-order valence-electron chi connectivity index (χ3n) is 4.46. The minimum Gasteiger partial charge on any atom is -0.393 e. The minimum absolute atomic E-state index is 0.108. The van der Waals surface area contributed by atoms with E-state index < -0.39 is 0 Å². The molecular formula is C15H31NO. The first-order valence-corrected chi connectivity index (χ1v) is 6.94. The summed E-state index contributed by atoms with van der Waals surface area (Å²) in [6.07, 6.45) is 2.94. The Morgan fingerprint density at radius 2 is 1.53 bits per heavy atom. The molecule has 0 aromatic carbocycles. The van der Waals surface area contributed by atoms with Gasteiger partial charge in [0.15, 0.2) is 0 Å². The van der Waals surface area contributed by atoms with Gasteiger partial charge in [0, 0.05) is 11.6 Å². The Morgan fingerprint density at radius 1 is 1.00 bits per heavy atom. The molecule has 1 N–H and O–H groups in total. The molecule has 0 aromatic heterocycles. The summed E-state index contributed by atoms with van der Waals surface area (Å²) in [7, 11) is 2.21. The first kappa shape index (κ1) is 15.0. The van der Waals surface area contributed by atoms with Crippen LogP contribution in [0.25, 0.3) is 0 Å². The lowest BCUT2D eigenvalue weighted by atomic mass is 9.68. The summed E-state index contributed by atoms with van der Waals surface area (Å²) < 4.78 is 0. The van der Waals surface area contributed by atoms with Crippen LogP contribution in [0.15, 0.2) is 0 Å². The zero-order valence-corrected chi connectivity index (χ0v) is 12.7. The molecule has 102 valence electrons. The predicted molar refractivity (Wildman–Crippen MR) is 74.1 cm³/mol. The first-order chi connectivity index (χ1) is 7.53. The largest absolute Gasteiger partial charge is 0.393 e. The molecule has 1 aliphatic rings. The van der Waals surface area contributed by atoms with E-state index in [1.54, 1.807) is 0 Å². The van der Waals surface area contributed by atoms with E-state index in [1.807, 2.05) is 0 Å². The van der Waals surface area contributed by atoms with Gasteiger partial charge in [0.05, 0.1) is 6.10 Å². The average molecular weight is 241 g/mol. The van der Waals surface area contributed by atoms with Crippen molar-refractivity contribution in [2.75, 3.05) is 7.05 Å². The van der Waals surface area contributed by atoms with Crippen molar-refractivity contribution < 1.29 is 5.11 Å². The van der Waals surface area contributed by atoms with Crippen LogP contribution in [0.5, 0.6) is 0 Å². The Morgan fingerprint density at radius 3 is 1.94 bits per heavy atom. The molecule has 0 heterocycles. The maximum Gasteiger partial charge on any atom is 0.0555 e. The molecule has 0 aliphatic heterocycles. The number of aliphatic hydroxyl groups is 1. The second-order valence-electron chi connectivity index (χ2n) is 7.79. The van der Waals surface area contributed by atoms with Crippen molar-refractivity contribution in [3.63, 3.8) is 0 Å². The molecule has 0 radical (unpaired) electrons. The van der Waals surface area contributed by atoms with Gasteiger partial charge in [-0.2, -0.15) is 0 Å². The van der Waals surface area contributed by atoms with Crippen molar-refractivity contribution in [3.05, 3.63) is 0 Å². The van der Waals surface area contributed by atoms with E-state index in [-0.39, 0.29) is 11.6 Å². The molecule has 0 spiro atoms. The van der Waals surface area contributed by atoms with Crippen LogP contribution in [0.1, 0.15) is 60.8 Å². The fourth-order valence-electron chi connectivity index (χ4n) is 3.06. The highest BCUT2D eigenvalue weighted by atomic mass is 16.3. The normalized spacial score (nSPS) is 31.9. The number of hydrogen-bond donors (Lipinski definition) is 1. The summed E-state index contributed by atoms with van der Waals surface area (Å²) >= 11 is 0. The Labute approximate surface area is 107 Å². The van der Waals surface area contributed by atoms with Gasteiger partial charge in [0.1, 0.15) is 0 Å². The number of rotatable bonds is 1. The van der Waals surface area contributed by atoms with Crippen molar-refractivity contribution in [1.29, 1.82) is 0 Å². The van der Waals surface area contributed by atoms with Crippen LogP contribution >= 0.6 is 0 Å². The van der Waals surface area contributed by atoms with Crippen molar-refractivity contribution in [1.82, 2.24) is 4.90 Å². The van der Waals surface area contributed by atoms with Gasteiger partial charge in [0.25, 0.3) is 0 Å². The van der Waals surface area contributed by atoms with Crippen molar-refractivity contribution in [2.24, 2.45) is 11.3 Å². The van der Waals surface area contributed by atoms with Crippen LogP contribution in [0.2, 0.25) is 0 Å². The molecule has 2 heteroatoms. The fourth-order valence-corrected chi connectivity index (χ4v) is 3.06. The van der Waals surface area contributed by atoms with Gasteiger partial charge in [-0.15, -0.1) is 0 Å². The molecular weight excluding hydrogens is 210 g/mol. The van der Waals surface area contributed by atoms with Gasteiger partial charge in [0.2, 0.25) is 0 Å². The summed E-state index contributed by atoms with van der Waals surface area (Å²) in [5.74, 6) is 0.676. The van der Waals surface area contributed by atoms with Crippen LogP contribution in [0.4, 0.5) is 0 Å². The van der Waals surface area contributed by atoms with Crippen LogP contribution in [-0.4, -0.2) is 34.7 Å². The molecule has 0 amide bonds. The topological polar surface area (TPSA) is 23.5 Å². The van der Waals surface area contributed by atoms with Crippen LogP contribution < -0.4 is 0 Å². The van der Waals surface area contributed by atoms with E-state index in [2.05, 4.69) is 53.5 Å². The number of nitrogens with zero attached hydrogens (tertiary/aromatic N) is 1. The van der Waals surface area contributed by atoms with E-state index in [4.69, 9.17) is 0 Å². The van der Waals surface area contributed by atoms with Gasteiger partial charge in [-0.05, 0) is 58.4 Å². The molecule has 3 atom stereocenters. The molecule has 2 nitrogen and oxygen atoms in total. The molecule has 17 heavy (non-hydrogen) atoms. The monoisotopic (exact) mass is 241 g/mol. The fraction of sp³-hybridized carbons (Fsp3) is 1.00. The Hall–Kier alpha value is -0.0800. The Balaban J connectivity index is 2.89. The third kappa shape index (κ3) is 3.69. The van der Waals surface area contributed by atoms with Crippen molar-refractivity contribution >= 4 is 0 Å². The maximum absolute atomic E-state index is 9.95. The average Bonchev–Trinajstić information content (AvgIpc) is 2.13. The lowest BCUT2D eigenvalue weighted by molar-refractivity contribution is -0.0321. The molecule has 1 fully saturated rings. The standard InChI is InChI=1S/C15H31NO/c1-14(2,3)12-9-8-11(17)10-13(12)16(7)15(4,5)6/h11-13,17H,8-10H2,1-7H3. The first-order valence-electron chi connectivity index (χ1n) is 6.94. The summed E-state index contributed by atoms with van der Waals surface area (Å²) in [5.41, 5.74) is 0.496. The lowest BCUT2D eigenvalue weighted by Gasteiger charge is -2.50. The van der Waals surface area contributed by atoms with E-state index in [0.717, 1.165) is 19.3 Å². The molecule has 1 saturated carbocycles. The number of aliphatic hydroxyl groups excluding tert-OH is 1. The van der Waals surface area contributed by atoms with Gasteiger partial charge in [-0.1, -0.05) is 20.8 Å². The van der Waals surface area contributed by atoms with Crippen molar-refractivity contribution in [2.45, 2.75) is 78.5 Å². The summed E-state index contributed by atoms with van der Waals surface area (Å²) in [4.78, 5) is 2.46. The van der Waals surface area contributed by atoms with E-state index in [9.17, 15) is 5.11 Å². The molecule has 1 rings (SSSR count). The summed E-state index contributed by atoms with van der Waals surface area (Å²) in [6.45, 7) is 13.8. The second kappa shape index (κ2) is 4.89. The second-order valence-corrected chi connectivity index (χ2v) is 7.79. The highest BCUT2D eigenvalue weighted by molar-refractivity contribution is 4.94. The zero-order valence-electron chi connectivity index (χ0n) is 12.7. The minimum atomic E-state index is -0.108. The smallest absolute Gasteiger partial charge is 0.0555 e. The van der Waals surface area contributed by atoms with Gasteiger partial charge in [-0.3, -0.25) is 4.90 Å². The highest BCUT2D eigenvalue weighted by Gasteiger charge is 2.41. The lowest BCUT2D eigenvalue weighted by Crippen LogP contribution is -2.54. The third-order valence-corrected chi connectivity index (χ3v) is 4.46. The van der Waals surface area contributed by atoms with Crippen LogP contribution in [-0.2, 0) is 0 Å². The molecule has 0 bridgehead atoms. The molecule has 0 saturated heterocycles.